The average Bonchev–Trinajstić information content (AvgIpc) is 2.65. The van der Waals surface area contributed by atoms with Crippen molar-refractivity contribution in [3.05, 3.63) is 65.2 Å². The van der Waals surface area contributed by atoms with Gasteiger partial charge in [-0.25, -0.2) is 8.42 Å². The number of aromatic nitrogens is 2. The van der Waals surface area contributed by atoms with Crippen molar-refractivity contribution in [3.8, 4) is 17.1 Å². The van der Waals surface area contributed by atoms with E-state index < -0.39 is 10.0 Å². The molecule has 1 aromatic heterocycles. The molecule has 0 amide bonds. The van der Waals surface area contributed by atoms with E-state index in [0.29, 0.717) is 29.4 Å². The maximum Gasteiger partial charge on any atom is 0.262 e. The molecule has 0 radical (unpaired) electrons. The molecule has 28 heavy (non-hydrogen) atoms. The van der Waals surface area contributed by atoms with Crippen LogP contribution in [0.2, 0.25) is 0 Å². The van der Waals surface area contributed by atoms with E-state index in [1.165, 1.54) is 0 Å². The lowest BCUT2D eigenvalue weighted by Gasteiger charge is -2.13. The Morgan fingerprint density at radius 1 is 0.929 bits per heavy atom. The second-order valence-electron chi connectivity index (χ2n) is 6.58. The summed E-state index contributed by atoms with van der Waals surface area (Å²) in [7, 11) is -3.70. The normalized spacial score (nSPS) is 11.3. The van der Waals surface area contributed by atoms with Crippen molar-refractivity contribution >= 4 is 15.7 Å². The molecule has 0 aliphatic rings. The highest BCUT2D eigenvalue weighted by atomic mass is 32.2. The Morgan fingerprint density at radius 2 is 1.68 bits per heavy atom. The number of benzene rings is 2. The standard InChI is InChI=1S/C21H23N3O3S/c1-5-27-21-10-9-19(22-23-21)17-7-6-8-18(13-17)24-28(25,26)20-12-15(3)14(2)11-16(20)4/h6-13,24H,5H2,1-4H3. The third-order valence-electron chi connectivity index (χ3n) is 4.42. The molecule has 3 aromatic rings. The highest BCUT2D eigenvalue weighted by molar-refractivity contribution is 7.92. The number of anilines is 1. The third kappa shape index (κ3) is 4.31. The van der Waals surface area contributed by atoms with Gasteiger partial charge in [-0.1, -0.05) is 18.2 Å². The minimum atomic E-state index is -3.70. The molecule has 2 aromatic carbocycles. The predicted molar refractivity (Wildman–Crippen MR) is 110 cm³/mol. The van der Waals surface area contributed by atoms with Gasteiger partial charge in [0.1, 0.15) is 0 Å². The summed E-state index contributed by atoms with van der Waals surface area (Å²) in [6.07, 6.45) is 0. The van der Waals surface area contributed by atoms with Crippen molar-refractivity contribution in [1.82, 2.24) is 10.2 Å². The van der Waals surface area contributed by atoms with Crippen LogP contribution in [-0.2, 0) is 10.0 Å². The van der Waals surface area contributed by atoms with Gasteiger partial charge in [0.15, 0.2) is 0 Å². The minimum absolute atomic E-state index is 0.280. The molecular weight excluding hydrogens is 374 g/mol. The van der Waals surface area contributed by atoms with Crippen LogP contribution in [0.15, 0.2) is 53.4 Å². The van der Waals surface area contributed by atoms with Crippen LogP contribution in [0.4, 0.5) is 5.69 Å². The minimum Gasteiger partial charge on any atom is -0.477 e. The van der Waals surface area contributed by atoms with Crippen molar-refractivity contribution in [2.45, 2.75) is 32.6 Å². The zero-order valence-electron chi connectivity index (χ0n) is 16.4. The number of hydrogen-bond acceptors (Lipinski definition) is 5. The molecule has 1 heterocycles. The van der Waals surface area contributed by atoms with Crippen LogP contribution in [0.5, 0.6) is 5.88 Å². The van der Waals surface area contributed by atoms with E-state index in [9.17, 15) is 8.42 Å². The Bertz CT molecular complexity index is 1090. The Morgan fingerprint density at radius 3 is 2.36 bits per heavy atom. The van der Waals surface area contributed by atoms with Gasteiger partial charge in [-0.15, -0.1) is 10.2 Å². The summed E-state index contributed by atoms with van der Waals surface area (Å²) in [6, 6.07) is 14.2. The van der Waals surface area contributed by atoms with Gasteiger partial charge >= 0.3 is 0 Å². The molecule has 0 unspecified atom stereocenters. The fourth-order valence-corrected chi connectivity index (χ4v) is 4.24. The molecule has 0 aliphatic carbocycles. The van der Waals surface area contributed by atoms with Gasteiger partial charge < -0.3 is 4.74 Å². The maximum atomic E-state index is 12.9. The number of hydrogen-bond donors (Lipinski definition) is 1. The molecule has 3 rings (SSSR count). The molecule has 0 saturated heterocycles. The largest absolute Gasteiger partial charge is 0.477 e. The first-order valence-corrected chi connectivity index (χ1v) is 10.5. The molecule has 0 saturated carbocycles. The zero-order valence-corrected chi connectivity index (χ0v) is 17.2. The first-order valence-electron chi connectivity index (χ1n) is 8.98. The second-order valence-corrected chi connectivity index (χ2v) is 8.23. The first-order chi connectivity index (χ1) is 13.3. The smallest absolute Gasteiger partial charge is 0.262 e. The Labute approximate surface area is 165 Å². The lowest BCUT2D eigenvalue weighted by atomic mass is 10.1. The number of rotatable bonds is 6. The molecule has 0 bridgehead atoms. The average molecular weight is 398 g/mol. The summed E-state index contributed by atoms with van der Waals surface area (Å²) >= 11 is 0. The molecule has 0 spiro atoms. The summed E-state index contributed by atoms with van der Waals surface area (Å²) in [5.74, 6) is 0.452. The van der Waals surface area contributed by atoms with Crippen LogP contribution in [-0.4, -0.2) is 25.2 Å². The monoisotopic (exact) mass is 397 g/mol. The number of nitrogens with zero attached hydrogens (tertiary/aromatic N) is 2. The number of nitrogens with one attached hydrogen (secondary N) is 1. The van der Waals surface area contributed by atoms with Crippen molar-refractivity contribution in [2.24, 2.45) is 0 Å². The fraction of sp³-hybridized carbons (Fsp3) is 0.238. The quantitative estimate of drug-likeness (QED) is 0.672. The maximum absolute atomic E-state index is 12.9. The highest BCUT2D eigenvalue weighted by Crippen LogP contribution is 2.25. The van der Waals surface area contributed by atoms with Crippen LogP contribution in [0, 0.1) is 20.8 Å². The van der Waals surface area contributed by atoms with E-state index in [1.807, 2.05) is 32.9 Å². The Hall–Kier alpha value is -2.93. The molecule has 6 nitrogen and oxygen atoms in total. The summed E-state index contributed by atoms with van der Waals surface area (Å²) in [5, 5.41) is 8.16. The van der Waals surface area contributed by atoms with Gasteiger partial charge in [0.25, 0.3) is 10.0 Å². The lowest BCUT2D eigenvalue weighted by Crippen LogP contribution is -2.14. The molecular formula is C21H23N3O3S. The Kier molecular flexibility index (Phi) is 5.65. The number of ether oxygens (including phenoxy) is 1. The molecule has 7 heteroatoms. The zero-order chi connectivity index (χ0) is 20.3. The molecule has 0 aliphatic heterocycles. The molecule has 1 N–H and O–H groups in total. The van der Waals surface area contributed by atoms with Crippen molar-refractivity contribution in [3.63, 3.8) is 0 Å². The van der Waals surface area contributed by atoms with Gasteiger partial charge in [0.05, 0.1) is 17.2 Å². The lowest BCUT2D eigenvalue weighted by molar-refractivity contribution is 0.323. The van der Waals surface area contributed by atoms with Crippen LogP contribution in [0.1, 0.15) is 23.6 Å². The number of aryl methyl sites for hydroxylation is 3. The van der Waals surface area contributed by atoms with Crippen LogP contribution >= 0.6 is 0 Å². The SMILES string of the molecule is CCOc1ccc(-c2cccc(NS(=O)(=O)c3cc(C)c(C)cc3C)c2)nn1. The van der Waals surface area contributed by atoms with E-state index in [4.69, 9.17) is 4.74 Å². The topological polar surface area (TPSA) is 81.2 Å². The molecule has 0 fully saturated rings. The summed E-state index contributed by atoms with van der Waals surface area (Å²) in [4.78, 5) is 0.280. The highest BCUT2D eigenvalue weighted by Gasteiger charge is 2.18. The number of sulfonamides is 1. The van der Waals surface area contributed by atoms with Gasteiger partial charge in [-0.2, -0.15) is 0 Å². The predicted octanol–water partition coefficient (Wildman–Crippen LogP) is 4.27. The van der Waals surface area contributed by atoms with E-state index >= 15 is 0 Å². The van der Waals surface area contributed by atoms with Crippen LogP contribution < -0.4 is 9.46 Å². The van der Waals surface area contributed by atoms with E-state index in [0.717, 1.165) is 16.7 Å². The molecule has 146 valence electrons. The van der Waals surface area contributed by atoms with Gasteiger partial charge in [0, 0.05) is 17.3 Å². The summed E-state index contributed by atoms with van der Waals surface area (Å²) < 4.78 is 33.8. The van der Waals surface area contributed by atoms with Crippen molar-refractivity contribution in [2.75, 3.05) is 11.3 Å². The van der Waals surface area contributed by atoms with Gasteiger partial charge in [0.2, 0.25) is 5.88 Å². The van der Waals surface area contributed by atoms with Crippen molar-refractivity contribution < 1.29 is 13.2 Å². The second kappa shape index (κ2) is 7.98. The fourth-order valence-electron chi connectivity index (χ4n) is 2.87. The van der Waals surface area contributed by atoms with E-state index in [-0.39, 0.29) is 4.90 Å². The van der Waals surface area contributed by atoms with E-state index in [2.05, 4.69) is 14.9 Å². The van der Waals surface area contributed by atoms with Crippen LogP contribution in [0.25, 0.3) is 11.3 Å². The Balaban J connectivity index is 1.89. The van der Waals surface area contributed by atoms with Crippen molar-refractivity contribution in [1.29, 1.82) is 0 Å². The summed E-state index contributed by atoms with van der Waals surface area (Å²) in [5.41, 5.74) is 4.56. The first kappa shape index (κ1) is 19.8. The van der Waals surface area contributed by atoms with E-state index in [1.54, 1.807) is 43.3 Å². The van der Waals surface area contributed by atoms with Gasteiger partial charge in [-0.3, -0.25) is 4.72 Å². The van der Waals surface area contributed by atoms with Crippen LogP contribution in [0.3, 0.4) is 0 Å². The third-order valence-corrected chi connectivity index (χ3v) is 5.95. The molecule has 0 atom stereocenters. The van der Waals surface area contributed by atoms with Gasteiger partial charge in [-0.05, 0) is 68.7 Å². The summed E-state index contributed by atoms with van der Waals surface area (Å²) in [6.45, 7) is 8.06.